The average molecular weight is 357 g/mol. The van der Waals surface area contributed by atoms with Crippen molar-refractivity contribution in [1.29, 1.82) is 0 Å². The van der Waals surface area contributed by atoms with Crippen LogP contribution in [0.5, 0.6) is 0 Å². The fourth-order valence-corrected chi connectivity index (χ4v) is 3.61. The van der Waals surface area contributed by atoms with E-state index < -0.39 is 0 Å². The molecule has 130 valence electrons. The van der Waals surface area contributed by atoms with Crippen LogP contribution in [0.25, 0.3) is 0 Å². The van der Waals surface area contributed by atoms with Gasteiger partial charge in [0.1, 0.15) is 12.1 Å². The lowest BCUT2D eigenvalue weighted by Crippen LogP contribution is -2.25. The molecule has 1 aliphatic heterocycles. The monoisotopic (exact) mass is 357 g/mol. The minimum Gasteiger partial charge on any atom is -0.362 e. The highest BCUT2D eigenvalue weighted by Gasteiger charge is 2.20. The van der Waals surface area contributed by atoms with E-state index in [4.69, 9.17) is 4.52 Å². The normalized spacial score (nSPS) is 14.2. The number of anilines is 2. The maximum absolute atomic E-state index is 5.14. The zero-order valence-electron chi connectivity index (χ0n) is 14.0. The van der Waals surface area contributed by atoms with E-state index in [9.17, 15) is 0 Å². The number of rotatable bonds is 5. The van der Waals surface area contributed by atoms with Crippen molar-refractivity contribution in [2.75, 3.05) is 23.3 Å². The van der Waals surface area contributed by atoms with Gasteiger partial charge in [-0.15, -0.1) is 11.3 Å². The molecule has 3 aromatic heterocycles. The molecule has 0 saturated carbocycles. The lowest BCUT2D eigenvalue weighted by Gasteiger charge is -2.18. The molecule has 3 aromatic rings. The molecule has 0 radical (unpaired) electrons. The Labute approximate surface area is 149 Å². The lowest BCUT2D eigenvalue weighted by atomic mass is 10.1. The summed E-state index contributed by atoms with van der Waals surface area (Å²) in [7, 11) is 0. The topological polar surface area (TPSA) is 92.9 Å². The molecule has 9 heteroatoms. The molecule has 1 aliphatic rings. The van der Waals surface area contributed by atoms with Crippen molar-refractivity contribution in [1.82, 2.24) is 25.1 Å². The van der Waals surface area contributed by atoms with Crippen LogP contribution in [0.15, 0.2) is 22.4 Å². The maximum Gasteiger partial charge on any atom is 0.226 e. The molecule has 0 unspecified atom stereocenters. The smallest absolute Gasteiger partial charge is 0.226 e. The zero-order valence-corrected chi connectivity index (χ0v) is 14.8. The van der Waals surface area contributed by atoms with Crippen molar-refractivity contribution in [3.05, 3.63) is 40.9 Å². The van der Waals surface area contributed by atoms with E-state index in [1.807, 2.05) is 18.5 Å². The third-order valence-corrected chi connectivity index (χ3v) is 5.03. The predicted octanol–water partition coefficient (Wildman–Crippen LogP) is 2.10. The van der Waals surface area contributed by atoms with Crippen LogP contribution in [0, 0.1) is 0 Å². The molecule has 0 aromatic carbocycles. The van der Waals surface area contributed by atoms with Gasteiger partial charge < -0.3 is 14.7 Å². The Kier molecular flexibility index (Phi) is 4.55. The Bertz CT molecular complexity index is 833. The highest BCUT2D eigenvalue weighted by atomic mass is 32.1. The predicted molar refractivity (Wildman–Crippen MR) is 94.8 cm³/mol. The second-order valence-corrected chi connectivity index (χ2v) is 6.63. The van der Waals surface area contributed by atoms with Gasteiger partial charge in [0.2, 0.25) is 5.89 Å². The number of aryl methyl sites for hydroxylation is 1. The summed E-state index contributed by atoms with van der Waals surface area (Å²) in [5.41, 5.74) is 2.26. The van der Waals surface area contributed by atoms with Gasteiger partial charge >= 0.3 is 0 Å². The summed E-state index contributed by atoms with van der Waals surface area (Å²) in [6.45, 7) is 4.30. The molecule has 0 aliphatic carbocycles. The number of hydrogen-bond acceptors (Lipinski definition) is 9. The van der Waals surface area contributed by atoms with Crippen molar-refractivity contribution in [3.8, 4) is 0 Å². The first kappa shape index (κ1) is 15.9. The van der Waals surface area contributed by atoms with Crippen LogP contribution in [0.1, 0.15) is 29.9 Å². The van der Waals surface area contributed by atoms with E-state index in [0.29, 0.717) is 18.3 Å². The molecule has 0 amide bonds. The number of fused-ring (bicyclic) bond motifs is 1. The van der Waals surface area contributed by atoms with Crippen molar-refractivity contribution >= 4 is 22.3 Å². The van der Waals surface area contributed by atoms with Crippen molar-refractivity contribution in [3.63, 3.8) is 0 Å². The van der Waals surface area contributed by atoms with Crippen LogP contribution < -0.4 is 10.2 Å². The van der Waals surface area contributed by atoms with Gasteiger partial charge in [-0.3, -0.25) is 0 Å². The first-order chi connectivity index (χ1) is 12.3. The van der Waals surface area contributed by atoms with E-state index >= 15 is 0 Å². The van der Waals surface area contributed by atoms with Gasteiger partial charge in [-0.1, -0.05) is 12.1 Å². The number of nitrogens with zero attached hydrogens (tertiary/aromatic N) is 6. The number of aromatic nitrogens is 5. The number of thiazole rings is 1. The summed E-state index contributed by atoms with van der Waals surface area (Å²) in [6, 6.07) is 0. The van der Waals surface area contributed by atoms with E-state index in [1.54, 1.807) is 17.7 Å². The van der Waals surface area contributed by atoms with Crippen molar-refractivity contribution < 1.29 is 4.52 Å². The van der Waals surface area contributed by atoms with Crippen LogP contribution in [0.2, 0.25) is 0 Å². The average Bonchev–Trinajstić information content (AvgIpc) is 3.28. The third kappa shape index (κ3) is 3.46. The van der Waals surface area contributed by atoms with Crippen LogP contribution in [0.4, 0.5) is 10.9 Å². The second kappa shape index (κ2) is 7.14. The fourth-order valence-electron chi connectivity index (χ4n) is 2.91. The fraction of sp³-hybridized carbons (Fsp3) is 0.438. The summed E-state index contributed by atoms with van der Waals surface area (Å²) in [4.78, 5) is 20.0. The van der Waals surface area contributed by atoms with Crippen LogP contribution in [-0.2, 0) is 25.8 Å². The maximum atomic E-state index is 5.14. The molecule has 4 rings (SSSR count). The summed E-state index contributed by atoms with van der Waals surface area (Å²) in [6.07, 6.45) is 5.97. The Morgan fingerprint density at radius 1 is 1.24 bits per heavy atom. The highest BCUT2D eigenvalue weighted by Crippen LogP contribution is 2.25. The summed E-state index contributed by atoms with van der Waals surface area (Å²) >= 11 is 1.67. The molecule has 25 heavy (non-hydrogen) atoms. The van der Waals surface area contributed by atoms with Crippen molar-refractivity contribution in [2.24, 2.45) is 0 Å². The number of hydrogen-bond donors (Lipinski definition) is 1. The van der Waals surface area contributed by atoms with Crippen LogP contribution in [-0.4, -0.2) is 38.2 Å². The molecule has 0 saturated heterocycles. The molecule has 1 N–H and O–H groups in total. The molecule has 0 bridgehead atoms. The second-order valence-electron chi connectivity index (χ2n) is 5.76. The first-order valence-corrected chi connectivity index (χ1v) is 9.24. The Balaban J connectivity index is 1.48. The quantitative estimate of drug-likeness (QED) is 0.742. The summed E-state index contributed by atoms with van der Waals surface area (Å²) < 4.78 is 5.14. The van der Waals surface area contributed by atoms with Gasteiger partial charge in [0.05, 0.1) is 12.2 Å². The lowest BCUT2D eigenvalue weighted by molar-refractivity contribution is 0.377. The van der Waals surface area contributed by atoms with E-state index in [-0.39, 0.29) is 0 Å². The van der Waals surface area contributed by atoms with E-state index in [1.165, 1.54) is 5.56 Å². The Morgan fingerprint density at radius 2 is 2.16 bits per heavy atom. The molecule has 8 nitrogen and oxygen atoms in total. The molecule has 0 fully saturated rings. The molecule has 0 atom stereocenters. The Hall–Kier alpha value is -2.55. The van der Waals surface area contributed by atoms with Gasteiger partial charge in [-0.2, -0.15) is 4.98 Å². The van der Waals surface area contributed by atoms with Crippen molar-refractivity contribution in [2.45, 2.75) is 32.7 Å². The van der Waals surface area contributed by atoms with E-state index in [2.05, 4.69) is 35.3 Å². The largest absolute Gasteiger partial charge is 0.362 e. The minimum absolute atomic E-state index is 0.489. The summed E-state index contributed by atoms with van der Waals surface area (Å²) in [5, 5.41) is 10.4. The standard InChI is InChI=1S/C16H19N7OS/c1-2-14-21-13(22-24-14)9-18-15-11-3-6-23(16-17-5-8-25-16)7-4-12(11)19-10-20-15/h5,8,10H,2-4,6-7,9H2,1H3,(H,18,19,20). The van der Waals surface area contributed by atoms with Gasteiger partial charge in [0.15, 0.2) is 11.0 Å². The van der Waals surface area contributed by atoms with Gasteiger partial charge in [-0.25, -0.2) is 15.0 Å². The molecule has 4 heterocycles. The SMILES string of the molecule is CCc1nc(CNc2ncnc3c2CCN(c2nccs2)CC3)no1. The number of nitrogens with one attached hydrogen (secondary N) is 1. The van der Waals surface area contributed by atoms with Crippen LogP contribution >= 0.6 is 11.3 Å². The highest BCUT2D eigenvalue weighted by molar-refractivity contribution is 7.13. The zero-order chi connectivity index (χ0) is 17.1. The minimum atomic E-state index is 0.489. The van der Waals surface area contributed by atoms with Gasteiger partial charge in [0.25, 0.3) is 0 Å². The molecular weight excluding hydrogens is 338 g/mol. The Morgan fingerprint density at radius 3 is 2.96 bits per heavy atom. The first-order valence-electron chi connectivity index (χ1n) is 8.36. The van der Waals surface area contributed by atoms with Gasteiger partial charge in [-0.05, 0) is 6.42 Å². The van der Waals surface area contributed by atoms with Gasteiger partial charge in [0, 0.05) is 43.1 Å². The molecule has 0 spiro atoms. The van der Waals surface area contributed by atoms with E-state index in [0.717, 1.165) is 49.0 Å². The van der Waals surface area contributed by atoms with Crippen LogP contribution in [0.3, 0.4) is 0 Å². The molecular formula is C16H19N7OS. The third-order valence-electron chi connectivity index (χ3n) is 4.20. The summed E-state index contributed by atoms with van der Waals surface area (Å²) in [5.74, 6) is 2.15.